The van der Waals surface area contributed by atoms with Gasteiger partial charge in [0, 0.05) is 7.11 Å². The molecule has 0 aromatic rings. The molecule has 5 atom stereocenters. The Balaban J connectivity index is 2.75. The summed E-state index contributed by atoms with van der Waals surface area (Å²) >= 11 is 3.78. The largest absolute Gasteiger partial charge is 0.394 e. The van der Waals surface area contributed by atoms with Crippen LogP contribution in [0.5, 0.6) is 0 Å². The molecule has 1 aliphatic heterocycles. The molecule has 2 unspecified atom stereocenters. The predicted octanol–water partition coefficient (Wildman–Crippen LogP) is -2.51. The van der Waals surface area contributed by atoms with Crippen LogP contribution in [0.2, 0.25) is 0 Å². The fourth-order valence-electron chi connectivity index (χ4n) is 1.67. The third-order valence-corrected chi connectivity index (χ3v) is 2.87. The van der Waals surface area contributed by atoms with Gasteiger partial charge in [0.1, 0.15) is 24.4 Å². The van der Waals surface area contributed by atoms with Crippen LogP contribution >= 0.6 is 12.6 Å². The molecule has 1 rings (SSSR count). The summed E-state index contributed by atoms with van der Waals surface area (Å²) in [6, 6.07) is -0.905. The first-order valence-corrected chi connectivity index (χ1v) is 5.73. The van der Waals surface area contributed by atoms with E-state index in [1.54, 1.807) is 0 Å². The van der Waals surface area contributed by atoms with Crippen molar-refractivity contribution in [2.24, 2.45) is 0 Å². The number of rotatable bonds is 4. The summed E-state index contributed by atoms with van der Waals surface area (Å²) in [7, 11) is 1.34. The minimum absolute atomic E-state index is 0.0564. The molecule has 17 heavy (non-hydrogen) atoms. The van der Waals surface area contributed by atoms with Crippen LogP contribution in [0.25, 0.3) is 0 Å². The number of hydrogen-bond donors (Lipinski definition) is 5. The van der Waals surface area contributed by atoms with Gasteiger partial charge in [-0.2, -0.15) is 12.6 Å². The van der Waals surface area contributed by atoms with Crippen molar-refractivity contribution in [1.82, 2.24) is 5.32 Å². The van der Waals surface area contributed by atoms with Gasteiger partial charge in [0.2, 0.25) is 5.91 Å². The average molecular weight is 267 g/mol. The molecular weight excluding hydrogens is 250 g/mol. The Hall–Kier alpha value is -0.380. The highest BCUT2D eigenvalue weighted by molar-refractivity contribution is 7.81. The zero-order chi connectivity index (χ0) is 13.0. The Kier molecular flexibility index (Phi) is 5.63. The van der Waals surface area contributed by atoms with Gasteiger partial charge in [0.25, 0.3) is 0 Å². The van der Waals surface area contributed by atoms with E-state index in [4.69, 9.17) is 14.6 Å². The van der Waals surface area contributed by atoms with Gasteiger partial charge in [-0.3, -0.25) is 4.79 Å². The molecule has 0 aromatic heterocycles. The van der Waals surface area contributed by atoms with Crippen molar-refractivity contribution < 1.29 is 29.6 Å². The fraction of sp³-hybridized carbons (Fsp3) is 0.889. The lowest BCUT2D eigenvalue weighted by atomic mass is 9.97. The van der Waals surface area contributed by atoms with Gasteiger partial charge in [0.05, 0.1) is 12.4 Å². The maximum Gasteiger partial charge on any atom is 0.230 e. The molecule has 0 radical (unpaired) electrons. The summed E-state index contributed by atoms with van der Waals surface area (Å²) in [4.78, 5) is 11.2. The van der Waals surface area contributed by atoms with E-state index in [1.165, 1.54) is 7.11 Å². The number of ether oxygens (including phenoxy) is 2. The smallest absolute Gasteiger partial charge is 0.230 e. The second-order valence-corrected chi connectivity index (χ2v) is 4.01. The van der Waals surface area contributed by atoms with E-state index in [9.17, 15) is 15.0 Å². The zero-order valence-corrected chi connectivity index (χ0v) is 10.2. The van der Waals surface area contributed by atoms with Crippen LogP contribution in [0.3, 0.4) is 0 Å². The fourth-order valence-corrected chi connectivity index (χ4v) is 1.76. The molecule has 4 N–H and O–H groups in total. The minimum Gasteiger partial charge on any atom is -0.394 e. The molecule has 1 amide bonds. The van der Waals surface area contributed by atoms with Crippen molar-refractivity contribution in [2.45, 2.75) is 30.6 Å². The summed E-state index contributed by atoms with van der Waals surface area (Å²) in [5.74, 6) is -0.475. The number of carbonyl (C=O) groups is 1. The lowest BCUT2D eigenvalue weighted by molar-refractivity contribution is -0.262. The molecule has 1 heterocycles. The molecule has 0 saturated carbocycles. The number of hydrogen-bond acceptors (Lipinski definition) is 7. The third kappa shape index (κ3) is 3.30. The van der Waals surface area contributed by atoms with E-state index < -0.39 is 43.2 Å². The minimum atomic E-state index is -1.29. The lowest BCUT2D eigenvalue weighted by Gasteiger charge is -2.41. The van der Waals surface area contributed by atoms with Crippen LogP contribution in [-0.2, 0) is 14.3 Å². The molecule has 100 valence electrons. The normalized spacial score (nSPS) is 37.8. The summed E-state index contributed by atoms with van der Waals surface area (Å²) < 4.78 is 10.2. The summed E-state index contributed by atoms with van der Waals surface area (Å²) in [6.07, 6.45) is -4.46. The second kappa shape index (κ2) is 6.53. The Morgan fingerprint density at radius 3 is 2.59 bits per heavy atom. The van der Waals surface area contributed by atoms with Gasteiger partial charge in [-0.05, 0) is 0 Å². The van der Waals surface area contributed by atoms with Gasteiger partial charge >= 0.3 is 0 Å². The van der Waals surface area contributed by atoms with Crippen molar-refractivity contribution in [2.75, 3.05) is 19.5 Å². The van der Waals surface area contributed by atoms with E-state index in [-0.39, 0.29) is 5.75 Å². The van der Waals surface area contributed by atoms with E-state index >= 15 is 0 Å². The number of thiol groups is 1. The Morgan fingerprint density at radius 2 is 2.12 bits per heavy atom. The Labute approximate surface area is 104 Å². The van der Waals surface area contributed by atoms with Crippen molar-refractivity contribution >= 4 is 18.5 Å². The van der Waals surface area contributed by atoms with Crippen LogP contribution in [-0.4, -0.2) is 71.3 Å². The van der Waals surface area contributed by atoms with Crippen molar-refractivity contribution in [3.05, 3.63) is 0 Å². The number of nitrogens with one attached hydrogen (secondary N) is 1. The monoisotopic (exact) mass is 267 g/mol. The molecular formula is C9H17NO6S. The van der Waals surface area contributed by atoms with Gasteiger partial charge in [-0.15, -0.1) is 0 Å². The average Bonchev–Trinajstić information content (AvgIpc) is 2.35. The van der Waals surface area contributed by atoms with Gasteiger partial charge in [-0.25, -0.2) is 0 Å². The summed E-state index contributed by atoms with van der Waals surface area (Å²) in [5, 5.41) is 30.9. The van der Waals surface area contributed by atoms with Crippen molar-refractivity contribution in [1.29, 1.82) is 0 Å². The van der Waals surface area contributed by atoms with Crippen LogP contribution in [0.1, 0.15) is 0 Å². The molecule has 0 aliphatic carbocycles. The van der Waals surface area contributed by atoms with Crippen molar-refractivity contribution in [3.8, 4) is 0 Å². The van der Waals surface area contributed by atoms with Crippen molar-refractivity contribution in [3.63, 3.8) is 0 Å². The van der Waals surface area contributed by atoms with Gasteiger partial charge in [0.15, 0.2) is 6.29 Å². The van der Waals surface area contributed by atoms with E-state index in [1.807, 2.05) is 0 Å². The number of carbonyl (C=O) groups excluding carboxylic acids is 1. The lowest BCUT2D eigenvalue weighted by Crippen LogP contribution is -2.64. The highest BCUT2D eigenvalue weighted by atomic mass is 32.1. The van der Waals surface area contributed by atoms with Crippen LogP contribution < -0.4 is 5.32 Å². The molecule has 8 heteroatoms. The quantitative estimate of drug-likeness (QED) is 0.360. The first-order valence-electron chi connectivity index (χ1n) is 5.10. The van der Waals surface area contributed by atoms with Crippen LogP contribution in [0.4, 0.5) is 0 Å². The first kappa shape index (κ1) is 14.7. The first-order chi connectivity index (χ1) is 8.04. The number of aliphatic hydroxyl groups is 3. The van der Waals surface area contributed by atoms with Crippen LogP contribution in [0.15, 0.2) is 0 Å². The summed E-state index contributed by atoms with van der Waals surface area (Å²) in [6.45, 7) is -0.453. The number of methoxy groups -OCH3 is 1. The van der Waals surface area contributed by atoms with E-state index in [2.05, 4.69) is 17.9 Å². The highest BCUT2D eigenvalue weighted by Crippen LogP contribution is 2.21. The van der Waals surface area contributed by atoms with Crippen LogP contribution in [0, 0.1) is 0 Å². The standard InChI is InChI=1S/C9H17NO6S/c1-15-9-6(10-5(12)3-17)8(14)7(13)4(2-11)16-9/h4,6-9,11,13-14,17H,2-3H2,1H3,(H,10,12)/t4?,6-,7+,8?,9+/m0/s1. The van der Waals surface area contributed by atoms with E-state index in [0.717, 1.165) is 0 Å². The maximum atomic E-state index is 11.2. The third-order valence-electron chi connectivity index (χ3n) is 2.58. The Bertz CT molecular complexity index is 264. The molecule has 0 spiro atoms. The molecule has 1 fully saturated rings. The SMILES string of the molecule is CO[C@@H]1OC(CO)[C@@H](O)C(O)[C@@H]1NC(=O)CS. The number of amides is 1. The molecule has 1 saturated heterocycles. The highest BCUT2D eigenvalue weighted by Gasteiger charge is 2.44. The summed E-state index contributed by atoms with van der Waals surface area (Å²) in [5.41, 5.74) is 0. The molecule has 1 aliphatic rings. The maximum absolute atomic E-state index is 11.2. The molecule has 0 aromatic carbocycles. The second-order valence-electron chi connectivity index (χ2n) is 3.69. The van der Waals surface area contributed by atoms with E-state index in [0.29, 0.717) is 0 Å². The topological polar surface area (TPSA) is 108 Å². The predicted molar refractivity (Wildman–Crippen MR) is 60.6 cm³/mol. The Morgan fingerprint density at radius 1 is 1.47 bits per heavy atom. The number of aliphatic hydroxyl groups excluding tert-OH is 3. The van der Waals surface area contributed by atoms with Gasteiger partial charge in [-0.1, -0.05) is 0 Å². The molecule has 7 nitrogen and oxygen atoms in total. The molecule has 0 bridgehead atoms. The van der Waals surface area contributed by atoms with Gasteiger partial charge < -0.3 is 30.1 Å². The zero-order valence-electron chi connectivity index (χ0n) is 9.31.